The van der Waals surface area contributed by atoms with Crippen molar-refractivity contribution in [2.75, 3.05) is 13.1 Å². The molecule has 1 aliphatic heterocycles. The van der Waals surface area contributed by atoms with Gasteiger partial charge in [0.15, 0.2) is 11.6 Å². The van der Waals surface area contributed by atoms with E-state index in [4.69, 9.17) is 4.74 Å². The Morgan fingerprint density at radius 3 is 2.50 bits per heavy atom. The number of ether oxygens (including phenoxy) is 1. The summed E-state index contributed by atoms with van der Waals surface area (Å²) in [4.78, 5) is 0. The van der Waals surface area contributed by atoms with Crippen molar-refractivity contribution >= 4 is 0 Å². The van der Waals surface area contributed by atoms with Crippen LogP contribution >= 0.6 is 0 Å². The second-order valence-corrected chi connectivity index (χ2v) is 4.82. The molecule has 0 aromatic heterocycles. The highest BCUT2D eigenvalue weighted by atomic mass is 19.1. The van der Waals surface area contributed by atoms with Crippen LogP contribution in [0.4, 0.5) is 4.39 Å². The molecular formula is C13H16FNO. The standard InChI is InChI=1S/C13H16FNO/c14-12-3-1-2-4-13(12)16-11-5-9-7-15-8-10(9)6-11/h1-4,9-11,15H,5-8H2. The van der Waals surface area contributed by atoms with Crippen LogP contribution < -0.4 is 10.1 Å². The van der Waals surface area contributed by atoms with E-state index in [9.17, 15) is 4.39 Å². The fourth-order valence-electron chi connectivity index (χ4n) is 2.93. The molecule has 3 rings (SSSR count). The Hall–Kier alpha value is -1.09. The van der Waals surface area contributed by atoms with Crippen molar-refractivity contribution in [1.29, 1.82) is 0 Å². The molecule has 16 heavy (non-hydrogen) atoms. The molecule has 1 N–H and O–H groups in total. The van der Waals surface area contributed by atoms with Crippen molar-refractivity contribution in [2.45, 2.75) is 18.9 Å². The quantitative estimate of drug-likeness (QED) is 0.826. The maximum atomic E-state index is 13.4. The summed E-state index contributed by atoms with van der Waals surface area (Å²) in [6.07, 6.45) is 2.33. The number of rotatable bonds is 2. The van der Waals surface area contributed by atoms with Crippen molar-refractivity contribution in [3.8, 4) is 5.75 Å². The molecule has 3 heteroatoms. The third-order valence-electron chi connectivity index (χ3n) is 3.74. The monoisotopic (exact) mass is 221 g/mol. The van der Waals surface area contributed by atoms with Crippen molar-refractivity contribution in [3.05, 3.63) is 30.1 Å². The van der Waals surface area contributed by atoms with Crippen LogP contribution in [0.1, 0.15) is 12.8 Å². The zero-order chi connectivity index (χ0) is 11.0. The van der Waals surface area contributed by atoms with Gasteiger partial charge < -0.3 is 10.1 Å². The first kappa shape index (κ1) is 10.1. The highest BCUT2D eigenvalue weighted by Gasteiger charge is 2.38. The molecule has 2 atom stereocenters. The number of hydrogen-bond acceptors (Lipinski definition) is 2. The van der Waals surface area contributed by atoms with Gasteiger partial charge in [-0.3, -0.25) is 0 Å². The zero-order valence-electron chi connectivity index (χ0n) is 9.16. The Bertz CT molecular complexity index is 370. The van der Waals surface area contributed by atoms with Crippen LogP contribution in [0.2, 0.25) is 0 Å². The average molecular weight is 221 g/mol. The SMILES string of the molecule is Fc1ccccc1OC1CC2CNCC2C1. The van der Waals surface area contributed by atoms with Gasteiger partial charge in [0.1, 0.15) is 0 Å². The van der Waals surface area contributed by atoms with E-state index in [1.807, 2.05) is 6.07 Å². The van der Waals surface area contributed by atoms with Crippen LogP contribution in [0.25, 0.3) is 0 Å². The molecule has 1 aromatic rings. The molecule has 1 aromatic carbocycles. The molecule has 0 amide bonds. The molecule has 2 fully saturated rings. The molecule has 1 aliphatic carbocycles. The normalized spacial score (nSPS) is 32.7. The van der Waals surface area contributed by atoms with Gasteiger partial charge in [-0.15, -0.1) is 0 Å². The van der Waals surface area contributed by atoms with Gasteiger partial charge in [0.05, 0.1) is 6.10 Å². The summed E-state index contributed by atoms with van der Waals surface area (Å²) in [5, 5.41) is 3.39. The number of fused-ring (bicyclic) bond motifs is 1. The Labute approximate surface area is 94.8 Å². The average Bonchev–Trinajstić information content (AvgIpc) is 2.81. The largest absolute Gasteiger partial charge is 0.487 e. The molecule has 0 spiro atoms. The fourth-order valence-corrected chi connectivity index (χ4v) is 2.93. The van der Waals surface area contributed by atoms with Gasteiger partial charge in [-0.25, -0.2) is 4.39 Å². The van der Waals surface area contributed by atoms with Gasteiger partial charge in [0.25, 0.3) is 0 Å². The fraction of sp³-hybridized carbons (Fsp3) is 0.538. The number of halogens is 1. The molecule has 0 radical (unpaired) electrons. The third-order valence-corrected chi connectivity index (χ3v) is 3.74. The molecule has 2 nitrogen and oxygen atoms in total. The van der Waals surface area contributed by atoms with Crippen molar-refractivity contribution < 1.29 is 9.13 Å². The molecule has 1 heterocycles. The van der Waals surface area contributed by atoms with Crippen LogP contribution in [0.3, 0.4) is 0 Å². The summed E-state index contributed by atoms with van der Waals surface area (Å²) < 4.78 is 19.1. The van der Waals surface area contributed by atoms with E-state index < -0.39 is 0 Å². The van der Waals surface area contributed by atoms with Gasteiger partial charge in [0, 0.05) is 0 Å². The predicted octanol–water partition coefficient (Wildman–Crippen LogP) is 2.20. The van der Waals surface area contributed by atoms with Crippen LogP contribution in [-0.2, 0) is 0 Å². The summed E-state index contributed by atoms with van der Waals surface area (Å²) in [6.45, 7) is 2.20. The lowest BCUT2D eigenvalue weighted by atomic mass is 10.0. The highest BCUT2D eigenvalue weighted by molar-refractivity contribution is 5.24. The third kappa shape index (κ3) is 1.80. The first-order valence-corrected chi connectivity index (χ1v) is 5.95. The van der Waals surface area contributed by atoms with Crippen LogP contribution in [0.15, 0.2) is 24.3 Å². The van der Waals surface area contributed by atoms with E-state index in [0.29, 0.717) is 5.75 Å². The van der Waals surface area contributed by atoms with Gasteiger partial charge in [-0.05, 0) is 49.9 Å². The lowest BCUT2D eigenvalue weighted by Crippen LogP contribution is -2.18. The predicted molar refractivity (Wildman–Crippen MR) is 59.9 cm³/mol. The van der Waals surface area contributed by atoms with Crippen molar-refractivity contribution in [2.24, 2.45) is 11.8 Å². The van der Waals surface area contributed by atoms with E-state index in [2.05, 4.69) is 5.32 Å². The van der Waals surface area contributed by atoms with Gasteiger partial charge >= 0.3 is 0 Å². The Kier molecular flexibility index (Phi) is 2.56. The minimum absolute atomic E-state index is 0.203. The molecule has 1 saturated carbocycles. The highest BCUT2D eigenvalue weighted by Crippen LogP contribution is 2.36. The summed E-state index contributed by atoms with van der Waals surface area (Å²) in [6, 6.07) is 6.67. The molecular weight excluding hydrogens is 205 g/mol. The van der Waals surface area contributed by atoms with E-state index in [1.54, 1.807) is 12.1 Å². The van der Waals surface area contributed by atoms with Gasteiger partial charge in [-0.1, -0.05) is 12.1 Å². The number of para-hydroxylation sites is 1. The Morgan fingerprint density at radius 2 is 1.81 bits per heavy atom. The van der Waals surface area contributed by atoms with Crippen LogP contribution in [0, 0.1) is 17.7 Å². The second-order valence-electron chi connectivity index (χ2n) is 4.82. The lowest BCUT2D eigenvalue weighted by Gasteiger charge is -2.15. The van der Waals surface area contributed by atoms with E-state index in [-0.39, 0.29) is 11.9 Å². The topological polar surface area (TPSA) is 21.3 Å². The van der Waals surface area contributed by atoms with Crippen LogP contribution in [-0.4, -0.2) is 19.2 Å². The summed E-state index contributed by atoms with van der Waals surface area (Å²) in [5.74, 6) is 1.62. The first-order valence-electron chi connectivity index (χ1n) is 5.95. The Morgan fingerprint density at radius 1 is 1.12 bits per heavy atom. The number of benzene rings is 1. The minimum Gasteiger partial charge on any atom is -0.487 e. The molecule has 2 aliphatic rings. The lowest BCUT2D eigenvalue weighted by molar-refractivity contribution is 0.191. The summed E-state index contributed by atoms with van der Waals surface area (Å²) >= 11 is 0. The van der Waals surface area contributed by atoms with Crippen molar-refractivity contribution in [3.63, 3.8) is 0 Å². The molecule has 86 valence electrons. The van der Waals surface area contributed by atoms with Gasteiger partial charge in [0.2, 0.25) is 0 Å². The summed E-state index contributed by atoms with van der Waals surface area (Å²) in [5.41, 5.74) is 0. The van der Waals surface area contributed by atoms with Gasteiger partial charge in [-0.2, -0.15) is 0 Å². The minimum atomic E-state index is -0.252. The molecule has 2 unspecified atom stereocenters. The van der Waals surface area contributed by atoms with Crippen molar-refractivity contribution in [1.82, 2.24) is 5.32 Å². The van der Waals surface area contributed by atoms with E-state index in [0.717, 1.165) is 37.8 Å². The maximum absolute atomic E-state index is 13.4. The summed E-state index contributed by atoms with van der Waals surface area (Å²) in [7, 11) is 0. The Balaban J connectivity index is 1.66. The maximum Gasteiger partial charge on any atom is 0.165 e. The smallest absolute Gasteiger partial charge is 0.165 e. The van der Waals surface area contributed by atoms with E-state index in [1.165, 1.54) is 6.07 Å². The number of hydrogen-bond donors (Lipinski definition) is 1. The van der Waals surface area contributed by atoms with E-state index >= 15 is 0 Å². The zero-order valence-corrected chi connectivity index (χ0v) is 9.16. The molecule has 0 bridgehead atoms. The second kappa shape index (κ2) is 4.06. The molecule has 1 saturated heterocycles. The first-order chi connectivity index (χ1) is 7.83. The van der Waals surface area contributed by atoms with Crippen LogP contribution in [0.5, 0.6) is 5.75 Å². The number of nitrogens with one attached hydrogen (secondary N) is 1.